The van der Waals surface area contributed by atoms with Crippen LogP contribution in [0.5, 0.6) is 5.75 Å². The maximum Gasteiger partial charge on any atom is 0.352 e. The molecule has 2 aromatic rings. The Kier molecular flexibility index (Phi) is 3.81. The fraction of sp³-hybridized carbons (Fsp3) is 0.214. The second-order valence-electron chi connectivity index (χ2n) is 4.21. The first-order valence-corrected chi connectivity index (χ1v) is 6.15. The maximum absolute atomic E-state index is 11.2. The highest BCUT2D eigenvalue weighted by Crippen LogP contribution is 2.25. The summed E-state index contributed by atoms with van der Waals surface area (Å²) in [7, 11) is 1.60. The molecule has 5 heteroatoms. The number of halogens is 1. The molecule has 100 valence electrons. The monoisotopic (exact) mass is 279 g/mol. The lowest BCUT2D eigenvalue weighted by Gasteiger charge is -2.16. The molecule has 4 nitrogen and oxygen atoms in total. The van der Waals surface area contributed by atoms with Crippen LogP contribution in [0.4, 0.5) is 0 Å². The smallest absolute Gasteiger partial charge is 0.352 e. The van der Waals surface area contributed by atoms with E-state index >= 15 is 0 Å². The van der Waals surface area contributed by atoms with E-state index in [-0.39, 0.29) is 11.7 Å². The molecule has 1 heterocycles. The third kappa shape index (κ3) is 2.74. The molecule has 19 heavy (non-hydrogen) atoms. The average molecular weight is 280 g/mol. The summed E-state index contributed by atoms with van der Waals surface area (Å²) >= 11 is 5.88. The Labute approximate surface area is 116 Å². The summed E-state index contributed by atoms with van der Waals surface area (Å²) in [6, 6.07) is 8.83. The minimum Gasteiger partial charge on any atom is -0.497 e. The van der Waals surface area contributed by atoms with Crippen molar-refractivity contribution in [2.24, 2.45) is 0 Å². The highest BCUT2D eigenvalue weighted by Gasteiger charge is 2.17. The van der Waals surface area contributed by atoms with Crippen molar-refractivity contribution in [3.05, 3.63) is 52.8 Å². The van der Waals surface area contributed by atoms with Gasteiger partial charge in [-0.15, -0.1) is 0 Å². The van der Waals surface area contributed by atoms with Crippen LogP contribution in [0.25, 0.3) is 0 Å². The molecule has 1 unspecified atom stereocenters. The Morgan fingerprint density at radius 1 is 1.37 bits per heavy atom. The van der Waals surface area contributed by atoms with Crippen LogP contribution in [0.2, 0.25) is 5.02 Å². The van der Waals surface area contributed by atoms with Gasteiger partial charge in [0.1, 0.15) is 11.4 Å². The standard InChI is InChI=1S/C14H14ClNO3/c1-9(10-3-5-12(19-2)6-4-10)16-8-11(15)7-13(16)14(17)18/h3-9H,1-2H3,(H,17,18). The molecule has 0 amide bonds. The highest BCUT2D eigenvalue weighted by atomic mass is 35.5. The number of hydrogen-bond donors (Lipinski definition) is 1. The zero-order valence-corrected chi connectivity index (χ0v) is 11.4. The van der Waals surface area contributed by atoms with E-state index in [1.807, 2.05) is 31.2 Å². The molecule has 0 aliphatic carbocycles. The Bertz CT molecular complexity index is 589. The van der Waals surface area contributed by atoms with Crippen LogP contribution < -0.4 is 4.74 Å². The number of carboxylic acid groups (broad SMARTS) is 1. The first-order valence-electron chi connectivity index (χ1n) is 5.77. The second-order valence-corrected chi connectivity index (χ2v) is 4.64. The lowest BCUT2D eigenvalue weighted by molar-refractivity contribution is 0.0684. The first-order chi connectivity index (χ1) is 9.02. The highest BCUT2D eigenvalue weighted by molar-refractivity contribution is 6.30. The van der Waals surface area contributed by atoms with Crippen LogP contribution in [-0.2, 0) is 0 Å². The first kappa shape index (κ1) is 13.5. The Balaban J connectivity index is 2.37. The van der Waals surface area contributed by atoms with Gasteiger partial charge in [-0.05, 0) is 30.7 Å². The number of hydrogen-bond acceptors (Lipinski definition) is 2. The fourth-order valence-corrected chi connectivity index (χ4v) is 2.19. The number of methoxy groups -OCH3 is 1. The number of carbonyl (C=O) groups is 1. The van der Waals surface area contributed by atoms with Crippen LogP contribution >= 0.6 is 11.6 Å². The van der Waals surface area contributed by atoms with Crippen LogP contribution in [0.3, 0.4) is 0 Å². The van der Waals surface area contributed by atoms with E-state index in [9.17, 15) is 4.79 Å². The molecular formula is C14H14ClNO3. The van der Waals surface area contributed by atoms with E-state index in [2.05, 4.69) is 0 Å². The molecular weight excluding hydrogens is 266 g/mol. The summed E-state index contributed by atoms with van der Waals surface area (Å²) in [5.74, 6) is -0.229. The van der Waals surface area contributed by atoms with Gasteiger partial charge in [0.15, 0.2) is 0 Å². The minimum absolute atomic E-state index is 0.121. The SMILES string of the molecule is COc1ccc(C(C)n2cc(Cl)cc2C(=O)O)cc1. The molecule has 2 rings (SSSR count). The van der Waals surface area contributed by atoms with Gasteiger partial charge in [-0.3, -0.25) is 0 Å². The molecule has 0 spiro atoms. The predicted octanol–water partition coefficient (Wildman–Crippen LogP) is 3.46. The summed E-state index contributed by atoms with van der Waals surface area (Å²) in [6.45, 7) is 1.92. The molecule has 1 aromatic carbocycles. The van der Waals surface area contributed by atoms with Crippen molar-refractivity contribution >= 4 is 17.6 Å². The normalized spacial score (nSPS) is 12.2. The number of aromatic carboxylic acids is 1. The number of benzene rings is 1. The molecule has 0 saturated heterocycles. The van der Waals surface area contributed by atoms with Crippen molar-refractivity contribution < 1.29 is 14.6 Å². The minimum atomic E-state index is -0.993. The molecule has 0 fully saturated rings. The molecule has 1 N–H and O–H groups in total. The van der Waals surface area contributed by atoms with E-state index in [1.54, 1.807) is 17.9 Å². The molecule has 0 aliphatic heterocycles. The second kappa shape index (κ2) is 5.36. The van der Waals surface area contributed by atoms with E-state index in [1.165, 1.54) is 6.07 Å². The van der Waals surface area contributed by atoms with E-state index in [0.29, 0.717) is 5.02 Å². The number of ether oxygens (including phenoxy) is 1. The van der Waals surface area contributed by atoms with Gasteiger partial charge in [-0.25, -0.2) is 4.79 Å². The summed E-state index contributed by atoms with van der Waals surface area (Å²) < 4.78 is 6.74. The van der Waals surface area contributed by atoms with Crippen molar-refractivity contribution in [3.8, 4) is 5.75 Å². The van der Waals surface area contributed by atoms with Crippen molar-refractivity contribution in [1.29, 1.82) is 0 Å². The van der Waals surface area contributed by atoms with Gasteiger partial charge < -0.3 is 14.4 Å². The van der Waals surface area contributed by atoms with Gasteiger partial charge in [-0.1, -0.05) is 23.7 Å². The third-order valence-electron chi connectivity index (χ3n) is 3.05. The predicted molar refractivity (Wildman–Crippen MR) is 73.2 cm³/mol. The molecule has 0 radical (unpaired) electrons. The van der Waals surface area contributed by atoms with Crippen molar-refractivity contribution in [2.45, 2.75) is 13.0 Å². The summed E-state index contributed by atoms with van der Waals surface area (Å²) in [4.78, 5) is 11.2. The molecule has 0 aliphatic rings. The zero-order valence-electron chi connectivity index (χ0n) is 10.6. The number of nitrogens with zero attached hydrogens (tertiary/aromatic N) is 1. The maximum atomic E-state index is 11.2. The number of rotatable bonds is 4. The van der Waals surface area contributed by atoms with Crippen LogP contribution in [-0.4, -0.2) is 22.8 Å². The quantitative estimate of drug-likeness (QED) is 0.932. The van der Waals surface area contributed by atoms with Gasteiger partial charge in [0.25, 0.3) is 0 Å². The zero-order chi connectivity index (χ0) is 14.0. The number of carboxylic acids is 1. The van der Waals surface area contributed by atoms with Crippen LogP contribution in [0, 0.1) is 0 Å². The molecule has 0 saturated carbocycles. The molecule has 1 aromatic heterocycles. The Morgan fingerprint density at radius 2 is 2.00 bits per heavy atom. The lowest BCUT2D eigenvalue weighted by Crippen LogP contribution is -2.12. The van der Waals surface area contributed by atoms with Crippen LogP contribution in [0.1, 0.15) is 29.0 Å². The van der Waals surface area contributed by atoms with E-state index in [0.717, 1.165) is 11.3 Å². The van der Waals surface area contributed by atoms with Gasteiger partial charge in [0.2, 0.25) is 0 Å². The van der Waals surface area contributed by atoms with E-state index in [4.69, 9.17) is 21.4 Å². The van der Waals surface area contributed by atoms with Crippen molar-refractivity contribution in [1.82, 2.24) is 4.57 Å². The summed E-state index contributed by atoms with van der Waals surface area (Å²) in [5.41, 5.74) is 1.16. The van der Waals surface area contributed by atoms with Gasteiger partial charge >= 0.3 is 5.97 Å². The molecule has 1 atom stereocenters. The van der Waals surface area contributed by atoms with Gasteiger partial charge in [-0.2, -0.15) is 0 Å². The Morgan fingerprint density at radius 3 is 2.53 bits per heavy atom. The van der Waals surface area contributed by atoms with Crippen LogP contribution in [0.15, 0.2) is 36.5 Å². The fourth-order valence-electron chi connectivity index (χ4n) is 1.98. The molecule has 0 bridgehead atoms. The summed E-state index contributed by atoms with van der Waals surface area (Å²) in [6.07, 6.45) is 1.62. The van der Waals surface area contributed by atoms with Crippen molar-refractivity contribution in [2.75, 3.05) is 7.11 Å². The largest absolute Gasteiger partial charge is 0.497 e. The Hall–Kier alpha value is -1.94. The lowest BCUT2D eigenvalue weighted by atomic mass is 10.1. The average Bonchev–Trinajstić information content (AvgIpc) is 2.80. The topological polar surface area (TPSA) is 51.5 Å². The van der Waals surface area contributed by atoms with Gasteiger partial charge in [0, 0.05) is 6.20 Å². The van der Waals surface area contributed by atoms with Gasteiger partial charge in [0.05, 0.1) is 18.2 Å². The number of aromatic nitrogens is 1. The summed E-state index contributed by atoms with van der Waals surface area (Å²) in [5, 5.41) is 9.57. The van der Waals surface area contributed by atoms with Crippen molar-refractivity contribution in [3.63, 3.8) is 0 Å². The van der Waals surface area contributed by atoms with E-state index < -0.39 is 5.97 Å². The third-order valence-corrected chi connectivity index (χ3v) is 3.26.